The maximum Gasteiger partial charge on any atom is 0.339 e. The van der Waals surface area contributed by atoms with Gasteiger partial charge in [0.1, 0.15) is 12.2 Å². The van der Waals surface area contributed by atoms with Gasteiger partial charge in [0, 0.05) is 16.5 Å². The molecule has 44 heavy (non-hydrogen) atoms. The van der Waals surface area contributed by atoms with E-state index >= 15 is 0 Å². The molecule has 0 radical (unpaired) electrons. The van der Waals surface area contributed by atoms with E-state index in [1.165, 1.54) is 5.56 Å². The highest BCUT2D eigenvalue weighted by molar-refractivity contribution is 6.10. The molecule has 0 saturated carbocycles. The molecule has 0 aliphatic heterocycles. The van der Waals surface area contributed by atoms with Crippen molar-refractivity contribution >= 4 is 28.7 Å². The van der Waals surface area contributed by atoms with E-state index in [1.807, 2.05) is 62.3 Å². The van der Waals surface area contributed by atoms with Crippen molar-refractivity contribution in [3.05, 3.63) is 66.8 Å². The maximum absolute atomic E-state index is 14.5. The summed E-state index contributed by atoms with van der Waals surface area (Å²) in [7, 11) is 0. The third-order valence-corrected chi connectivity index (χ3v) is 9.92. The average Bonchev–Trinajstić information content (AvgIpc) is 2.93. The van der Waals surface area contributed by atoms with Gasteiger partial charge in [-0.15, -0.1) is 0 Å². The molecule has 0 aromatic heterocycles. The van der Waals surface area contributed by atoms with Gasteiger partial charge in [-0.1, -0.05) is 25.0 Å². The Bertz CT molecular complexity index is 1490. The van der Waals surface area contributed by atoms with Crippen LogP contribution in [-0.2, 0) is 23.8 Å². The lowest BCUT2D eigenvalue weighted by molar-refractivity contribution is -0.183. The second kappa shape index (κ2) is 14.1. The fourth-order valence-electron chi connectivity index (χ4n) is 6.04. The van der Waals surface area contributed by atoms with Gasteiger partial charge < -0.3 is 14.2 Å². The van der Waals surface area contributed by atoms with Crippen LogP contribution in [-0.4, -0.2) is 35.7 Å². The van der Waals surface area contributed by atoms with E-state index in [1.54, 1.807) is 20.8 Å². The van der Waals surface area contributed by atoms with Crippen LogP contribution in [0.5, 0.6) is 0 Å². The first kappa shape index (κ1) is 36.8. The minimum absolute atomic E-state index is 0.479. The van der Waals surface area contributed by atoms with Crippen molar-refractivity contribution in [3.63, 3.8) is 0 Å². The van der Waals surface area contributed by atoms with Gasteiger partial charge in [-0.05, 0) is 154 Å². The number of rotatable bonds is 10. The number of allylic oxidation sites excluding steroid dienone is 2. The fraction of sp³-hybridized carbons (Fsp3) is 0.553. The van der Waals surface area contributed by atoms with Gasteiger partial charge in [0.15, 0.2) is 5.60 Å². The largest absolute Gasteiger partial charge is 0.455 e. The number of benzene rings is 2. The van der Waals surface area contributed by atoms with Crippen LogP contribution in [0.2, 0.25) is 0 Å². The van der Waals surface area contributed by atoms with E-state index in [-0.39, 0.29) is 0 Å². The second-order valence-corrected chi connectivity index (χ2v) is 12.8. The molecule has 0 fully saturated rings. The standard InChI is InChI=1S/C38H54O6/c1-17-30(19(3)4)35(39)42-28(14)38(16,29(15)43-36(40)31(18-2)20(5)6)44-37(41)34-27(13)23(9)25(11)32-24(10)21(7)22(8)26(12)33(32)34/h28-29H,17-18H2,1-16H3. The molecule has 6 heteroatoms. The van der Waals surface area contributed by atoms with E-state index in [4.69, 9.17) is 14.2 Å². The third kappa shape index (κ3) is 6.79. The van der Waals surface area contributed by atoms with Gasteiger partial charge in [-0.2, -0.15) is 0 Å². The predicted molar refractivity (Wildman–Crippen MR) is 179 cm³/mol. The smallest absolute Gasteiger partial charge is 0.339 e. The summed E-state index contributed by atoms with van der Waals surface area (Å²) in [5, 5.41) is 1.91. The zero-order valence-electron chi connectivity index (χ0n) is 30.0. The molecule has 2 atom stereocenters. The summed E-state index contributed by atoms with van der Waals surface area (Å²) in [6.07, 6.45) is -0.880. The maximum atomic E-state index is 14.5. The SMILES string of the molecule is CCC(C(=O)OC(C)C(C)(OC(=O)c1c(C)c(C)c(C)c2c(C)c(C)c(C)c(C)c12)C(C)OC(=O)C(CC)=C(C)C)=C(C)C. The summed E-state index contributed by atoms with van der Waals surface area (Å²) < 4.78 is 18.3. The zero-order valence-corrected chi connectivity index (χ0v) is 30.0. The Labute approximate surface area is 265 Å². The lowest BCUT2D eigenvalue weighted by Crippen LogP contribution is -2.54. The average molecular weight is 607 g/mol. The highest BCUT2D eigenvalue weighted by atomic mass is 16.6. The first-order valence-electron chi connectivity index (χ1n) is 15.8. The molecule has 2 aromatic carbocycles. The van der Waals surface area contributed by atoms with E-state index in [0.29, 0.717) is 29.6 Å². The van der Waals surface area contributed by atoms with Crippen molar-refractivity contribution in [1.29, 1.82) is 0 Å². The first-order valence-corrected chi connectivity index (χ1v) is 15.8. The van der Waals surface area contributed by atoms with Gasteiger partial charge in [0.25, 0.3) is 0 Å². The summed E-state index contributed by atoms with van der Waals surface area (Å²) in [6.45, 7) is 30.7. The quantitative estimate of drug-likeness (QED) is 0.152. The molecule has 0 saturated heterocycles. The minimum Gasteiger partial charge on any atom is -0.455 e. The zero-order chi connectivity index (χ0) is 34.0. The molecule has 0 aliphatic carbocycles. The molecular weight excluding hydrogens is 552 g/mol. The van der Waals surface area contributed by atoms with Crippen molar-refractivity contribution in [1.82, 2.24) is 0 Å². The van der Waals surface area contributed by atoms with Gasteiger partial charge >= 0.3 is 17.9 Å². The van der Waals surface area contributed by atoms with Crippen molar-refractivity contribution in [2.45, 2.75) is 141 Å². The van der Waals surface area contributed by atoms with Crippen molar-refractivity contribution < 1.29 is 28.6 Å². The summed E-state index contributed by atoms with van der Waals surface area (Å²) in [4.78, 5) is 41.0. The Kier molecular flexibility index (Phi) is 11.8. The van der Waals surface area contributed by atoms with Crippen molar-refractivity contribution in [2.75, 3.05) is 0 Å². The summed E-state index contributed by atoms with van der Waals surface area (Å²) in [5.74, 6) is -1.51. The van der Waals surface area contributed by atoms with Gasteiger partial charge in [0.2, 0.25) is 0 Å². The second-order valence-electron chi connectivity index (χ2n) is 12.8. The van der Waals surface area contributed by atoms with Crippen LogP contribution >= 0.6 is 0 Å². The third-order valence-electron chi connectivity index (χ3n) is 9.92. The lowest BCUT2D eigenvalue weighted by atomic mass is 9.83. The molecule has 0 amide bonds. The number of aryl methyl sites for hydroxylation is 3. The van der Waals surface area contributed by atoms with Crippen molar-refractivity contribution in [3.8, 4) is 0 Å². The van der Waals surface area contributed by atoms with Crippen LogP contribution in [0.3, 0.4) is 0 Å². The molecule has 0 heterocycles. The number of ether oxygens (including phenoxy) is 3. The molecule has 0 spiro atoms. The number of hydrogen-bond donors (Lipinski definition) is 0. The number of fused-ring (bicyclic) bond motifs is 1. The van der Waals surface area contributed by atoms with Crippen molar-refractivity contribution in [2.24, 2.45) is 0 Å². The Hall–Kier alpha value is -3.41. The molecule has 2 rings (SSSR count). The number of carbonyl (C=O) groups excluding carboxylic acids is 3. The van der Waals surface area contributed by atoms with Gasteiger partial charge in [-0.25, -0.2) is 14.4 Å². The van der Waals surface area contributed by atoms with Crippen LogP contribution in [0, 0.1) is 48.5 Å². The molecule has 242 valence electrons. The normalized spacial score (nSPS) is 13.9. The molecule has 6 nitrogen and oxygen atoms in total. The van der Waals surface area contributed by atoms with E-state index < -0.39 is 35.7 Å². The van der Waals surface area contributed by atoms with E-state index in [2.05, 4.69) is 27.7 Å². The Morgan fingerprint density at radius 3 is 1.27 bits per heavy atom. The number of carbonyl (C=O) groups is 3. The summed E-state index contributed by atoms with van der Waals surface area (Å²) in [6, 6.07) is 0. The fourth-order valence-corrected chi connectivity index (χ4v) is 6.04. The van der Waals surface area contributed by atoms with E-state index in [9.17, 15) is 14.4 Å². The topological polar surface area (TPSA) is 78.9 Å². The molecule has 0 aliphatic rings. The Morgan fingerprint density at radius 2 is 0.932 bits per heavy atom. The predicted octanol–water partition coefficient (Wildman–Crippen LogP) is 9.27. The highest BCUT2D eigenvalue weighted by Gasteiger charge is 2.46. The van der Waals surface area contributed by atoms with Crippen LogP contribution in [0.25, 0.3) is 10.8 Å². The minimum atomic E-state index is -1.51. The van der Waals surface area contributed by atoms with Crippen LogP contribution < -0.4 is 0 Å². The van der Waals surface area contributed by atoms with Crippen LogP contribution in [0.4, 0.5) is 0 Å². The molecular formula is C38H54O6. The van der Waals surface area contributed by atoms with Crippen LogP contribution in [0.1, 0.15) is 124 Å². The Morgan fingerprint density at radius 1 is 0.591 bits per heavy atom. The van der Waals surface area contributed by atoms with Gasteiger partial charge in [-0.3, -0.25) is 0 Å². The highest BCUT2D eigenvalue weighted by Crippen LogP contribution is 2.39. The number of esters is 3. The van der Waals surface area contributed by atoms with Gasteiger partial charge in [0.05, 0.1) is 5.56 Å². The van der Waals surface area contributed by atoms with E-state index in [0.717, 1.165) is 55.3 Å². The summed E-state index contributed by atoms with van der Waals surface area (Å²) in [5.41, 5.74) is 9.25. The molecule has 2 unspecified atom stereocenters. The summed E-state index contributed by atoms with van der Waals surface area (Å²) >= 11 is 0. The lowest BCUT2D eigenvalue weighted by Gasteiger charge is -2.39. The number of hydrogen-bond acceptors (Lipinski definition) is 6. The van der Waals surface area contributed by atoms with Crippen LogP contribution in [0.15, 0.2) is 22.3 Å². The Balaban J connectivity index is 2.80. The molecule has 2 aromatic rings. The first-order chi connectivity index (χ1) is 20.3. The molecule has 0 bridgehead atoms. The monoisotopic (exact) mass is 606 g/mol. The molecule has 0 N–H and O–H groups in total.